The van der Waals surface area contributed by atoms with Crippen molar-refractivity contribution in [2.24, 2.45) is 0 Å². The van der Waals surface area contributed by atoms with Gasteiger partial charge in [0.25, 0.3) is 0 Å². The van der Waals surface area contributed by atoms with Crippen LogP contribution in [0.1, 0.15) is 17.2 Å². The summed E-state index contributed by atoms with van der Waals surface area (Å²) in [6, 6.07) is 11.9. The summed E-state index contributed by atoms with van der Waals surface area (Å²) in [6.45, 7) is 1.79. The fourth-order valence-electron chi connectivity index (χ4n) is 1.83. The van der Waals surface area contributed by atoms with Crippen LogP contribution in [0, 0.1) is 12.7 Å². The average Bonchev–Trinajstić information content (AvgIpc) is 2.37. The summed E-state index contributed by atoms with van der Waals surface area (Å²) < 4.78 is 13.0. The molecular weight excluding hydrogens is 283 g/mol. The fraction of sp³-hybridized carbons (Fsp3) is 0.200. The number of aliphatic hydroxyl groups is 1. The average molecular weight is 297 g/mol. The molecule has 4 heteroatoms. The molecule has 2 rings (SSSR count). The van der Waals surface area contributed by atoms with Crippen LogP contribution in [0.3, 0.4) is 0 Å². The molecule has 0 spiro atoms. The fourth-order valence-corrected chi connectivity index (χ4v) is 3.03. The van der Waals surface area contributed by atoms with E-state index in [1.54, 1.807) is 13.0 Å². The standard InChI is InChI=1S/C15H14ClFOS/c1-10-8-11(17)6-7-12(10)14(18)9-19-15-5-3-2-4-13(15)16/h2-8,14,18H,9H2,1H3. The maximum absolute atomic E-state index is 13.0. The lowest BCUT2D eigenvalue weighted by molar-refractivity contribution is 0.203. The molecule has 100 valence electrons. The first-order valence-corrected chi connectivity index (χ1v) is 7.25. The van der Waals surface area contributed by atoms with Crippen LogP contribution in [-0.4, -0.2) is 10.9 Å². The Morgan fingerprint density at radius 1 is 1.26 bits per heavy atom. The summed E-state index contributed by atoms with van der Waals surface area (Å²) >= 11 is 7.54. The molecule has 0 aliphatic heterocycles. The van der Waals surface area contributed by atoms with Gasteiger partial charge in [-0.3, -0.25) is 0 Å². The summed E-state index contributed by atoms with van der Waals surface area (Å²) in [5.41, 5.74) is 1.51. The molecule has 1 unspecified atom stereocenters. The van der Waals surface area contributed by atoms with E-state index in [2.05, 4.69) is 0 Å². The minimum atomic E-state index is -0.637. The second-order valence-corrected chi connectivity index (χ2v) is 5.73. The van der Waals surface area contributed by atoms with Gasteiger partial charge in [-0.25, -0.2) is 4.39 Å². The lowest BCUT2D eigenvalue weighted by Crippen LogP contribution is -2.03. The zero-order valence-electron chi connectivity index (χ0n) is 10.4. The number of halogens is 2. The Morgan fingerprint density at radius 3 is 2.68 bits per heavy atom. The van der Waals surface area contributed by atoms with E-state index in [9.17, 15) is 9.50 Å². The van der Waals surface area contributed by atoms with E-state index in [1.807, 2.05) is 24.3 Å². The molecule has 0 saturated carbocycles. The van der Waals surface area contributed by atoms with Crippen LogP contribution in [0.15, 0.2) is 47.4 Å². The highest BCUT2D eigenvalue weighted by Gasteiger charge is 2.12. The van der Waals surface area contributed by atoms with Crippen molar-refractivity contribution in [1.29, 1.82) is 0 Å². The third-order valence-electron chi connectivity index (χ3n) is 2.82. The second-order valence-electron chi connectivity index (χ2n) is 4.26. The van der Waals surface area contributed by atoms with Gasteiger partial charge in [0.1, 0.15) is 5.82 Å². The Hall–Kier alpha value is -1.03. The largest absolute Gasteiger partial charge is 0.388 e. The molecule has 0 heterocycles. The van der Waals surface area contributed by atoms with Crippen molar-refractivity contribution in [2.45, 2.75) is 17.9 Å². The first-order valence-electron chi connectivity index (χ1n) is 5.89. The Bertz CT molecular complexity index is 574. The summed E-state index contributed by atoms with van der Waals surface area (Å²) in [4.78, 5) is 0.933. The van der Waals surface area contributed by atoms with Gasteiger partial charge in [-0.15, -0.1) is 11.8 Å². The van der Waals surface area contributed by atoms with E-state index < -0.39 is 6.10 Å². The van der Waals surface area contributed by atoms with Crippen molar-refractivity contribution < 1.29 is 9.50 Å². The third kappa shape index (κ3) is 3.72. The summed E-state index contributed by atoms with van der Waals surface area (Å²) in [7, 11) is 0. The monoisotopic (exact) mass is 296 g/mol. The van der Waals surface area contributed by atoms with Gasteiger partial charge in [0.05, 0.1) is 11.1 Å². The SMILES string of the molecule is Cc1cc(F)ccc1C(O)CSc1ccccc1Cl. The third-order valence-corrected chi connectivity index (χ3v) is 4.42. The van der Waals surface area contributed by atoms with Crippen molar-refractivity contribution in [1.82, 2.24) is 0 Å². The Balaban J connectivity index is 2.05. The number of benzene rings is 2. The highest BCUT2D eigenvalue weighted by Crippen LogP contribution is 2.31. The molecule has 0 radical (unpaired) electrons. The van der Waals surface area contributed by atoms with E-state index in [4.69, 9.17) is 11.6 Å². The molecule has 2 aromatic rings. The maximum atomic E-state index is 13.0. The van der Waals surface area contributed by atoms with Crippen LogP contribution in [0.25, 0.3) is 0 Å². The van der Waals surface area contributed by atoms with Crippen molar-refractivity contribution >= 4 is 23.4 Å². The predicted octanol–water partition coefficient (Wildman–Crippen LogP) is 4.61. The molecule has 1 atom stereocenters. The van der Waals surface area contributed by atoms with Gasteiger partial charge in [-0.1, -0.05) is 29.8 Å². The van der Waals surface area contributed by atoms with Crippen LogP contribution in [0.4, 0.5) is 4.39 Å². The number of thioether (sulfide) groups is 1. The van der Waals surface area contributed by atoms with E-state index in [0.29, 0.717) is 10.8 Å². The number of aryl methyl sites for hydroxylation is 1. The van der Waals surface area contributed by atoms with Crippen molar-refractivity contribution in [2.75, 3.05) is 5.75 Å². The number of hydrogen-bond acceptors (Lipinski definition) is 2. The van der Waals surface area contributed by atoms with Gasteiger partial charge >= 0.3 is 0 Å². The molecular formula is C15H14ClFOS. The zero-order chi connectivity index (χ0) is 13.8. The van der Waals surface area contributed by atoms with Crippen LogP contribution in [0.5, 0.6) is 0 Å². The minimum Gasteiger partial charge on any atom is -0.388 e. The first kappa shape index (κ1) is 14.4. The molecule has 1 nitrogen and oxygen atoms in total. The minimum absolute atomic E-state index is 0.285. The van der Waals surface area contributed by atoms with E-state index in [0.717, 1.165) is 16.0 Å². The lowest BCUT2D eigenvalue weighted by Gasteiger charge is -2.14. The molecule has 0 fully saturated rings. The second kappa shape index (κ2) is 6.42. The zero-order valence-corrected chi connectivity index (χ0v) is 12.0. The highest BCUT2D eigenvalue weighted by molar-refractivity contribution is 7.99. The van der Waals surface area contributed by atoms with Crippen LogP contribution < -0.4 is 0 Å². The van der Waals surface area contributed by atoms with E-state index in [1.165, 1.54) is 23.9 Å². The van der Waals surface area contributed by atoms with Gasteiger partial charge in [0.15, 0.2) is 0 Å². The topological polar surface area (TPSA) is 20.2 Å². The predicted molar refractivity (Wildman–Crippen MR) is 78.3 cm³/mol. The molecule has 19 heavy (non-hydrogen) atoms. The summed E-state index contributed by atoms with van der Waals surface area (Å²) in [5, 5.41) is 10.8. The van der Waals surface area contributed by atoms with Gasteiger partial charge in [0.2, 0.25) is 0 Å². The van der Waals surface area contributed by atoms with Crippen LogP contribution >= 0.6 is 23.4 Å². The van der Waals surface area contributed by atoms with Crippen molar-refractivity contribution in [3.05, 3.63) is 64.4 Å². The smallest absolute Gasteiger partial charge is 0.123 e. The Kier molecular flexibility index (Phi) is 4.86. The van der Waals surface area contributed by atoms with E-state index in [-0.39, 0.29) is 5.82 Å². The molecule has 0 aromatic heterocycles. The van der Waals surface area contributed by atoms with Crippen LogP contribution in [0.2, 0.25) is 5.02 Å². The highest BCUT2D eigenvalue weighted by atomic mass is 35.5. The molecule has 0 saturated heterocycles. The van der Waals surface area contributed by atoms with Gasteiger partial charge < -0.3 is 5.11 Å². The summed E-state index contributed by atoms with van der Waals surface area (Å²) in [5.74, 6) is 0.197. The van der Waals surface area contributed by atoms with Crippen molar-refractivity contribution in [3.8, 4) is 0 Å². The van der Waals surface area contributed by atoms with Gasteiger partial charge in [-0.2, -0.15) is 0 Å². The number of aliphatic hydroxyl groups excluding tert-OH is 1. The Morgan fingerprint density at radius 2 is 2.00 bits per heavy atom. The number of hydrogen-bond donors (Lipinski definition) is 1. The molecule has 0 aliphatic carbocycles. The Labute approximate surface area is 121 Å². The molecule has 1 N–H and O–H groups in total. The normalized spacial score (nSPS) is 12.4. The van der Waals surface area contributed by atoms with Gasteiger partial charge in [-0.05, 0) is 42.3 Å². The molecule has 0 amide bonds. The van der Waals surface area contributed by atoms with E-state index >= 15 is 0 Å². The summed E-state index contributed by atoms with van der Waals surface area (Å²) in [6.07, 6.45) is -0.637. The maximum Gasteiger partial charge on any atom is 0.123 e. The lowest BCUT2D eigenvalue weighted by atomic mass is 10.0. The van der Waals surface area contributed by atoms with Crippen LogP contribution in [-0.2, 0) is 0 Å². The first-order chi connectivity index (χ1) is 9.08. The molecule has 0 aliphatic rings. The quantitative estimate of drug-likeness (QED) is 0.831. The molecule has 0 bridgehead atoms. The van der Waals surface area contributed by atoms with Gasteiger partial charge in [0, 0.05) is 10.6 Å². The molecule has 2 aromatic carbocycles. The van der Waals surface area contributed by atoms with Crippen molar-refractivity contribution in [3.63, 3.8) is 0 Å². The number of rotatable bonds is 4.